The minimum absolute atomic E-state index is 0.419. The maximum atomic E-state index is 5.78. The Bertz CT molecular complexity index is 143. The third-order valence-corrected chi connectivity index (χ3v) is 2.61. The van der Waals surface area contributed by atoms with Crippen LogP contribution in [0.1, 0.15) is 19.8 Å². The summed E-state index contributed by atoms with van der Waals surface area (Å²) in [6.45, 7) is 4.37. The Kier molecular flexibility index (Phi) is 1.87. The average molecular weight is 156 g/mol. The first-order valence-corrected chi connectivity index (χ1v) is 4.42. The molecule has 0 saturated carbocycles. The van der Waals surface area contributed by atoms with Crippen LogP contribution in [-0.4, -0.2) is 36.4 Å². The van der Waals surface area contributed by atoms with Gasteiger partial charge in [0.25, 0.3) is 0 Å². The van der Waals surface area contributed by atoms with Gasteiger partial charge in [-0.15, -0.1) is 0 Å². The van der Waals surface area contributed by atoms with Gasteiger partial charge in [0.2, 0.25) is 0 Å². The van der Waals surface area contributed by atoms with Gasteiger partial charge in [0.1, 0.15) is 6.23 Å². The summed E-state index contributed by atoms with van der Waals surface area (Å²) < 4.78 is 5.38. The molecule has 0 spiro atoms. The molecule has 0 aliphatic carbocycles. The summed E-state index contributed by atoms with van der Waals surface area (Å²) in [4.78, 5) is 2.40. The number of epoxide rings is 1. The molecule has 2 unspecified atom stereocenters. The Balaban J connectivity index is 1.79. The van der Waals surface area contributed by atoms with Crippen molar-refractivity contribution in [3.63, 3.8) is 0 Å². The fraction of sp³-hybridized carbons (Fsp3) is 1.00. The van der Waals surface area contributed by atoms with E-state index in [0.29, 0.717) is 18.4 Å². The molecule has 0 aromatic carbocycles. The molecule has 11 heavy (non-hydrogen) atoms. The number of hydrogen-bond donors (Lipinski definition) is 1. The van der Waals surface area contributed by atoms with E-state index >= 15 is 0 Å². The van der Waals surface area contributed by atoms with Crippen LogP contribution in [0.25, 0.3) is 0 Å². The SMILES string of the molecule is CC1OC1N1CCC(N)CC1. The van der Waals surface area contributed by atoms with Crippen LogP contribution >= 0.6 is 0 Å². The number of hydrogen-bond acceptors (Lipinski definition) is 3. The maximum Gasteiger partial charge on any atom is 0.137 e. The van der Waals surface area contributed by atoms with Crippen molar-refractivity contribution in [1.82, 2.24) is 4.90 Å². The molecule has 2 aliphatic heterocycles. The van der Waals surface area contributed by atoms with E-state index in [9.17, 15) is 0 Å². The Hall–Kier alpha value is -0.120. The summed E-state index contributed by atoms with van der Waals surface area (Å²) in [5, 5.41) is 0. The van der Waals surface area contributed by atoms with Crippen LogP contribution in [0.3, 0.4) is 0 Å². The molecule has 2 rings (SSSR count). The average Bonchev–Trinajstić information content (AvgIpc) is 2.69. The van der Waals surface area contributed by atoms with E-state index < -0.39 is 0 Å². The van der Waals surface area contributed by atoms with Crippen molar-refractivity contribution in [1.29, 1.82) is 0 Å². The molecular formula is C8H16N2O. The van der Waals surface area contributed by atoms with E-state index in [1.807, 2.05) is 0 Å². The molecule has 3 nitrogen and oxygen atoms in total. The summed E-state index contributed by atoms with van der Waals surface area (Å²) in [6.07, 6.45) is 3.14. The molecular weight excluding hydrogens is 140 g/mol. The van der Waals surface area contributed by atoms with Gasteiger partial charge in [-0.1, -0.05) is 0 Å². The number of nitrogens with zero attached hydrogens (tertiary/aromatic N) is 1. The maximum absolute atomic E-state index is 5.78. The minimum Gasteiger partial charge on any atom is -0.353 e. The van der Waals surface area contributed by atoms with E-state index in [1.165, 1.54) is 0 Å². The van der Waals surface area contributed by atoms with Crippen LogP contribution in [0, 0.1) is 0 Å². The van der Waals surface area contributed by atoms with Crippen molar-refractivity contribution in [2.24, 2.45) is 5.73 Å². The van der Waals surface area contributed by atoms with Gasteiger partial charge in [0.05, 0.1) is 6.10 Å². The lowest BCUT2D eigenvalue weighted by Gasteiger charge is -2.28. The highest BCUT2D eigenvalue weighted by atomic mass is 16.6. The van der Waals surface area contributed by atoms with Crippen LogP contribution in [0.5, 0.6) is 0 Å². The van der Waals surface area contributed by atoms with Crippen molar-refractivity contribution in [3.05, 3.63) is 0 Å². The van der Waals surface area contributed by atoms with Crippen LogP contribution in [0.2, 0.25) is 0 Å². The quantitative estimate of drug-likeness (QED) is 0.550. The lowest BCUT2D eigenvalue weighted by molar-refractivity contribution is 0.140. The van der Waals surface area contributed by atoms with Gasteiger partial charge in [-0.25, -0.2) is 0 Å². The summed E-state index contributed by atoms with van der Waals surface area (Å²) in [5.74, 6) is 0. The number of piperidine rings is 1. The van der Waals surface area contributed by atoms with E-state index in [0.717, 1.165) is 25.9 Å². The highest BCUT2D eigenvalue weighted by molar-refractivity contribution is 4.85. The van der Waals surface area contributed by atoms with E-state index in [2.05, 4.69) is 11.8 Å². The predicted molar refractivity (Wildman–Crippen MR) is 43.1 cm³/mol. The second-order valence-electron chi connectivity index (χ2n) is 3.61. The van der Waals surface area contributed by atoms with Crippen molar-refractivity contribution < 1.29 is 4.74 Å². The molecule has 0 bridgehead atoms. The van der Waals surface area contributed by atoms with Crippen LogP contribution in [0.15, 0.2) is 0 Å². The number of likely N-dealkylation sites (tertiary alicyclic amines) is 1. The zero-order valence-corrected chi connectivity index (χ0v) is 6.99. The standard InChI is InChI=1S/C8H16N2O/c1-6-8(11-6)10-4-2-7(9)3-5-10/h6-8H,2-5,9H2,1H3. The summed E-state index contributed by atoms with van der Waals surface area (Å²) >= 11 is 0. The molecule has 2 fully saturated rings. The van der Waals surface area contributed by atoms with Crippen LogP contribution in [-0.2, 0) is 4.74 Å². The van der Waals surface area contributed by atoms with E-state index in [-0.39, 0.29) is 0 Å². The highest BCUT2D eigenvalue weighted by Crippen LogP contribution is 2.27. The second-order valence-corrected chi connectivity index (χ2v) is 3.61. The number of rotatable bonds is 1. The first-order chi connectivity index (χ1) is 5.27. The zero-order chi connectivity index (χ0) is 7.84. The smallest absolute Gasteiger partial charge is 0.137 e. The summed E-state index contributed by atoms with van der Waals surface area (Å²) in [5.41, 5.74) is 5.78. The van der Waals surface area contributed by atoms with Gasteiger partial charge < -0.3 is 10.5 Å². The van der Waals surface area contributed by atoms with Crippen molar-refractivity contribution in [2.75, 3.05) is 13.1 Å². The third-order valence-electron chi connectivity index (χ3n) is 2.61. The lowest BCUT2D eigenvalue weighted by Crippen LogP contribution is -2.41. The molecule has 2 heterocycles. The Morgan fingerprint density at radius 2 is 1.91 bits per heavy atom. The van der Waals surface area contributed by atoms with Crippen LogP contribution < -0.4 is 5.73 Å². The van der Waals surface area contributed by atoms with Gasteiger partial charge in [-0.2, -0.15) is 0 Å². The first-order valence-electron chi connectivity index (χ1n) is 4.42. The summed E-state index contributed by atoms with van der Waals surface area (Å²) in [6, 6.07) is 0.431. The topological polar surface area (TPSA) is 41.8 Å². The predicted octanol–water partition coefficient (Wildman–Crippen LogP) is 0.154. The molecule has 0 radical (unpaired) electrons. The Morgan fingerprint density at radius 3 is 2.36 bits per heavy atom. The van der Waals surface area contributed by atoms with Gasteiger partial charge in [-0.05, 0) is 19.8 Å². The lowest BCUT2D eigenvalue weighted by atomic mass is 10.1. The zero-order valence-electron chi connectivity index (χ0n) is 6.99. The molecule has 2 aliphatic rings. The molecule has 64 valence electrons. The van der Waals surface area contributed by atoms with E-state index in [1.54, 1.807) is 0 Å². The van der Waals surface area contributed by atoms with Gasteiger partial charge >= 0.3 is 0 Å². The third kappa shape index (κ3) is 1.55. The fourth-order valence-electron chi connectivity index (χ4n) is 1.73. The van der Waals surface area contributed by atoms with Crippen molar-refractivity contribution >= 4 is 0 Å². The molecule has 0 aromatic heterocycles. The highest BCUT2D eigenvalue weighted by Gasteiger charge is 2.40. The Labute approximate surface area is 67.5 Å². The van der Waals surface area contributed by atoms with Gasteiger partial charge in [0, 0.05) is 19.1 Å². The summed E-state index contributed by atoms with van der Waals surface area (Å²) in [7, 11) is 0. The molecule has 2 saturated heterocycles. The molecule has 2 atom stereocenters. The Morgan fingerprint density at radius 1 is 1.36 bits per heavy atom. The van der Waals surface area contributed by atoms with Crippen molar-refractivity contribution in [3.8, 4) is 0 Å². The molecule has 3 heteroatoms. The van der Waals surface area contributed by atoms with Gasteiger partial charge in [-0.3, -0.25) is 4.90 Å². The number of nitrogens with two attached hydrogens (primary N) is 1. The van der Waals surface area contributed by atoms with Gasteiger partial charge in [0.15, 0.2) is 0 Å². The minimum atomic E-state index is 0.419. The van der Waals surface area contributed by atoms with Crippen molar-refractivity contribution in [2.45, 2.75) is 38.1 Å². The molecule has 0 aromatic rings. The first kappa shape index (κ1) is 7.53. The largest absolute Gasteiger partial charge is 0.353 e. The molecule has 2 N–H and O–H groups in total. The number of ether oxygens (including phenoxy) is 1. The van der Waals surface area contributed by atoms with Crippen LogP contribution in [0.4, 0.5) is 0 Å². The normalized spacial score (nSPS) is 40.9. The monoisotopic (exact) mass is 156 g/mol. The fourth-order valence-corrected chi connectivity index (χ4v) is 1.73. The second kappa shape index (κ2) is 2.73. The van der Waals surface area contributed by atoms with E-state index in [4.69, 9.17) is 10.5 Å². The molecule has 0 amide bonds.